The number of methoxy groups -OCH3 is 1. The first-order valence-electron chi connectivity index (χ1n) is 14.3. The number of fused-ring (bicyclic) bond motifs is 1. The second-order valence-corrected chi connectivity index (χ2v) is 10.5. The van der Waals surface area contributed by atoms with E-state index in [1.165, 1.54) is 37.4 Å². The number of nitrogens with zero attached hydrogens (tertiary/aromatic N) is 5. The van der Waals surface area contributed by atoms with Crippen molar-refractivity contribution in [2.45, 2.75) is 38.7 Å². The van der Waals surface area contributed by atoms with Gasteiger partial charge in [-0.15, -0.1) is 0 Å². The number of hydrogen-bond donors (Lipinski definition) is 0. The average Bonchev–Trinajstić information content (AvgIpc) is 3.38. The van der Waals surface area contributed by atoms with Gasteiger partial charge < -0.3 is 23.5 Å². The van der Waals surface area contributed by atoms with Crippen molar-refractivity contribution in [2.24, 2.45) is 0 Å². The highest BCUT2D eigenvalue weighted by atomic mass is 19.3. The van der Waals surface area contributed by atoms with Gasteiger partial charge >= 0.3 is 12.6 Å². The van der Waals surface area contributed by atoms with Crippen LogP contribution in [0.25, 0.3) is 22.3 Å². The Morgan fingerprint density at radius 1 is 1.06 bits per heavy atom. The fourth-order valence-corrected chi connectivity index (χ4v) is 5.10. The molecule has 4 heterocycles. The Morgan fingerprint density at radius 2 is 1.89 bits per heavy atom. The summed E-state index contributed by atoms with van der Waals surface area (Å²) in [4.78, 5) is 24.8. The molecule has 0 amide bonds. The molecule has 0 unspecified atom stereocenters. The maximum atomic E-state index is 15.6. The molecule has 0 spiro atoms. The molecule has 3 aromatic heterocycles. The normalized spacial score (nSPS) is 14.1. The van der Waals surface area contributed by atoms with Crippen molar-refractivity contribution < 1.29 is 41.3 Å². The number of hydrogen-bond acceptors (Lipinski definition) is 9. The molecular formula is C33H25F4N5O5. The molecule has 1 atom stereocenters. The van der Waals surface area contributed by atoms with E-state index < -0.39 is 30.1 Å². The molecule has 0 aliphatic carbocycles. The van der Waals surface area contributed by atoms with Gasteiger partial charge in [-0.3, -0.25) is 0 Å². The summed E-state index contributed by atoms with van der Waals surface area (Å²) in [5.41, 5.74) is 1.54. The Labute approximate surface area is 265 Å². The molecule has 14 heteroatoms. The molecule has 0 N–H and O–H groups in total. The zero-order chi connectivity index (χ0) is 33.1. The number of rotatable bonds is 11. The van der Waals surface area contributed by atoms with E-state index in [1.54, 1.807) is 24.3 Å². The number of carbonyl (C=O) groups excluding carboxylic acids is 1. The summed E-state index contributed by atoms with van der Waals surface area (Å²) in [5, 5.41) is 9.01. The van der Waals surface area contributed by atoms with Crippen LogP contribution < -0.4 is 9.47 Å². The maximum Gasteiger partial charge on any atom is 0.388 e. The van der Waals surface area contributed by atoms with Crippen molar-refractivity contribution >= 4 is 17.0 Å². The van der Waals surface area contributed by atoms with E-state index in [0.29, 0.717) is 35.6 Å². The number of halogens is 4. The average molecular weight is 648 g/mol. The van der Waals surface area contributed by atoms with Crippen molar-refractivity contribution in [1.29, 1.82) is 5.26 Å². The molecule has 5 aromatic rings. The van der Waals surface area contributed by atoms with Crippen LogP contribution in [0.1, 0.15) is 39.4 Å². The molecule has 1 fully saturated rings. The Balaban J connectivity index is 1.25. The number of nitriles is 1. The molecule has 47 heavy (non-hydrogen) atoms. The third-order valence-corrected chi connectivity index (χ3v) is 7.54. The van der Waals surface area contributed by atoms with E-state index in [2.05, 4.69) is 19.7 Å². The topological polar surface area (TPSA) is 121 Å². The minimum absolute atomic E-state index is 0.00278. The summed E-state index contributed by atoms with van der Waals surface area (Å²) in [6.07, 6.45) is 0.711. The van der Waals surface area contributed by atoms with Gasteiger partial charge in [0.1, 0.15) is 35.8 Å². The van der Waals surface area contributed by atoms with Gasteiger partial charge in [0, 0.05) is 24.7 Å². The monoisotopic (exact) mass is 647 g/mol. The first-order valence-corrected chi connectivity index (χ1v) is 14.3. The third kappa shape index (κ3) is 6.85. The largest absolute Gasteiger partial charge is 0.473 e. The lowest BCUT2D eigenvalue weighted by molar-refractivity contribution is -0.0590. The van der Waals surface area contributed by atoms with E-state index in [9.17, 15) is 13.6 Å². The van der Waals surface area contributed by atoms with Crippen LogP contribution in [-0.4, -0.2) is 51.9 Å². The van der Waals surface area contributed by atoms with Crippen LogP contribution in [0.5, 0.6) is 11.8 Å². The van der Waals surface area contributed by atoms with Gasteiger partial charge in [0.15, 0.2) is 0 Å². The first kappa shape index (κ1) is 31.4. The first-order chi connectivity index (χ1) is 22.7. The molecule has 0 bridgehead atoms. The summed E-state index contributed by atoms with van der Waals surface area (Å²) < 4.78 is 79.1. The third-order valence-electron chi connectivity index (χ3n) is 7.54. The maximum absolute atomic E-state index is 15.6. The van der Waals surface area contributed by atoms with Crippen molar-refractivity contribution in [3.05, 3.63) is 101 Å². The summed E-state index contributed by atoms with van der Waals surface area (Å²) in [6, 6.07) is 15.9. The van der Waals surface area contributed by atoms with E-state index in [4.69, 9.17) is 19.5 Å². The Hall–Kier alpha value is -5.55. The van der Waals surface area contributed by atoms with Crippen LogP contribution in [0.15, 0.2) is 60.7 Å². The van der Waals surface area contributed by atoms with Gasteiger partial charge in [-0.2, -0.15) is 14.0 Å². The number of imidazole rings is 1. The molecule has 10 nitrogen and oxygen atoms in total. The van der Waals surface area contributed by atoms with Gasteiger partial charge in [0.25, 0.3) is 0 Å². The fourth-order valence-electron chi connectivity index (χ4n) is 5.10. The van der Waals surface area contributed by atoms with Crippen LogP contribution in [0.4, 0.5) is 17.6 Å². The number of aromatic nitrogens is 4. The second-order valence-electron chi connectivity index (χ2n) is 10.5. The quantitative estimate of drug-likeness (QED) is 0.126. The van der Waals surface area contributed by atoms with Gasteiger partial charge in [-0.05, 0) is 60.5 Å². The van der Waals surface area contributed by atoms with Crippen LogP contribution in [0, 0.1) is 23.0 Å². The van der Waals surface area contributed by atoms with Crippen LogP contribution in [0.3, 0.4) is 0 Å². The molecule has 1 aliphatic heterocycles. The fraction of sp³-hybridized carbons (Fsp3) is 0.242. The minimum atomic E-state index is -3.17. The molecule has 6 rings (SSSR count). The summed E-state index contributed by atoms with van der Waals surface area (Å²) in [7, 11) is 1.29. The minimum Gasteiger partial charge on any atom is -0.473 e. The zero-order valence-electron chi connectivity index (χ0n) is 24.8. The summed E-state index contributed by atoms with van der Waals surface area (Å²) in [5.74, 6) is -1.96. The van der Waals surface area contributed by atoms with E-state index in [0.717, 1.165) is 18.6 Å². The lowest BCUT2D eigenvalue weighted by atomic mass is 10.0. The Morgan fingerprint density at radius 3 is 2.62 bits per heavy atom. The second kappa shape index (κ2) is 13.4. The predicted octanol–water partition coefficient (Wildman–Crippen LogP) is 5.99. The Kier molecular flexibility index (Phi) is 8.99. The standard InChI is InChI=1S/C33H25F4N5O5/c1-44-32(43)18-6-8-27-28(12-18)42(16-22-9-10-45-22)29(40-27)13-20-11-25(35)23(14-24(20)34)26-3-2-4-30(41-26)46-17-19-5-7-21(15-38)39-31(19)47-33(36)37/h2-8,11-12,14,22,33H,9-10,13,16-17H2,1H3/t22-/m0/s1. The van der Waals surface area contributed by atoms with Gasteiger partial charge in [0.2, 0.25) is 11.8 Å². The van der Waals surface area contributed by atoms with Crippen LogP contribution in [0.2, 0.25) is 0 Å². The molecule has 0 saturated carbocycles. The van der Waals surface area contributed by atoms with Crippen molar-refractivity contribution in [3.63, 3.8) is 0 Å². The number of esters is 1. The highest BCUT2D eigenvalue weighted by molar-refractivity contribution is 5.93. The lowest BCUT2D eigenvalue weighted by Gasteiger charge is -2.27. The van der Waals surface area contributed by atoms with Crippen molar-refractivity contribution in [2.75, 3.05) is 13.7 Å². The molecule has 240 valence electrons. The smallest absolute Gasteiger partial charge is 0.388 e. The number of alkyl halides is 2. The van der Waals surface area contributed by atoms with Crippen molar-refractivity contribution in [3.8, 4) is 29.1 Å². The summed E-state index contributed by atoms with van der Waals surface area (Å²) >= 11 is 0. The number of benzene rings is 2. The highest BCUT2D eigenvalue weighted by Gasteiger charge is 2.24. The predicted molar refractivity (Wildman–Crippen MR) is 158 cm³/mol. The SMILES string of the molecule is COC(=O)c1ccc2nc(Cc3cc(F)c(-c4cccc(OCc5ccc(C#N)nc5OC(F)F)n4)cc3F)n(C[C@@H]3CCO3)c2c1. The molecule has 2 aromatic carbocycles. The highest BCUT2D eigenvalue weighted by Crippen LogP contribution is 2.29. The molecule has 1 aliphatic rings. The van der Waals surface area contributed by atoms with Gasteiger partial charge in [0.05, 0.1) is 47.6 Å². The van der Waals surface area contributed by atoms with Gasteiger partial charge in [-0.25, -0.2) is 28.5 Å². The van der Waals surface area contributed by atoms with Crippen LogP contribution >= 0.6 is 0 Å². The van der Waals surface area contributed by atoms with Gasteiger partial charge in [-0.1, -0.05) is 6.07 Å². The Bertz CT molecular complexity index is 2010. The van der Waals surface area contributed by atoms with E-state index >= 15 is 8.78 Å². The number of ether oxygens (including phenoxy) is 4. The van der Waals surface area contributed by atoms with Crippen molar-refractivity contribution in [1.82, 2.24) is 19.5 Å². The van der Waals surface area contributed by atoms with Crippen LogP contribution in [-0.2, 0) is 29.0 Å². The number of pyridine rings is 2. The zero-order valence-corrected chi connectivity index (χ0v) is 24.8. The number of carbonyl (C=O) groups is 1. The van der Waals surface area contributed by atoms with E-state index in [-0.39, 0.29) is 53.1 Å². The molecule has 0 radical (unpaired) electrons. The molecular weight excluding hydrogens is 622 g/mol. The molecule has 1 saturated heterocycles. The van der Waals surface area contributed by atoms with E-state index in [1.807, 2.05) is 4.57 Å². The summed E-state index contributed by atoms with van der Waals surface area (Å²) in [6.45, 7) is -2.43. The lowest BCUT2D eigenvalue weighted by Crippen LogP contribution is -2.31.